The predicted octanol–water partition coefficient (Wildman–Crippen LogP) is 2.23. The van der Waals surface area contributed by atoms with Crippen LogP contribution < -0.4 is 15.8 Å². The lowest BCUT2D eigenvalue weighted by atomic mass is 10.2. The van der Waals surface area contributed by atoms with Crippen molar-refractivity contribution in [2.24, 2.45) is 0 Å². The molecular weight excluding hydrogens is 336 g/mol. The van der Waals surface area contributed by atoms with Crippen LogP contribution in [-0.2, 0) is 17.9 Å². The quantitative estimate of drug-likeness (QED) is 0.735. The molecule has 0 fully saturated rings. The van der Waals surface area contributed by atoms with Gasteiger partial charge in [-0.15, -0.1) is 11.3 Å². The third kappa shape index (κ3) is 4.06. The lowest BCUT2D eigenvalue weighted by Gasteiger charge is -2.13. The van der Waals surface area contributed by atoms with E-state index in [4.69, 9.17) is 0 Å². The Bertz CT molecular complexity index is 928. The number of hydrogen-bond donors (Lipinski definition) is 1. The normalized spacial score (nSPS) is 10.8. The highest BCUT2D eigenvalue weighted by Crippen LogP contribution is 2.13. The van der Waals surface area contributed by atoms with Gasteiger partial charge in [-0.25, -0.2) is 4.98 Å². The summed E-state index contributed by atoms with van der Waals surface area (Å²) < 4.78 is 1.49. The first kappa shape index (κ1) is 17.2. The molecule has 7 heteroatoms. The number of benzene rings is 1. The van der Waals surface area contributed by atoms with Gasteiger partial charge in [0.15, 0.2) is 0 Å². The molecule has 0 saturated heterocycles. The van der Waals surface area contributed by atoms with Crippen molar-refractivity contribution >= 4 is 33.1 Å². The van der Waals surface area contributed by atoms with Crippen molar-refractivity contribution < 1.29 is 4.79 Å². The molecule has 6 nitrogen and oxygen atoms in total. The van der Waals surface area contributed by atoms with E-state index in [0.29, 0.717) is 18.5 Å². The number of rotatable bonds is 6. The molecule has 0 atom stereocenters. The summed E-state index contributed by atoms with van der Waals surface area (Å²) in [6.07, 6.45) is 1.75. The Morgan fingerprint density at radius 3 is 2.72 bits per heavy atom. The zero-order valence-corrected chi connectivity index (χ0v) is 15.0. The minimum absolute atomic E-state index is 0.0889. The average Bonchev–Trinajstić information content (AvgIpc) is 3.09. The molecule has 0 aliphatic rings. The highest BCUT2D eigenvalue weighted by molar-refractivity contribution is 7.16. The maximum absolute atomic E-state index is 12.3. The van der Waals surface area contributed by atoms with Crippen molar-refractivity contribution in [3.05, 3.63) is 58.0 Å². The minimum Gasteiger partial charge on any atom is -0.378 e. The van der Waals surface area contributed by atoms with Gasteiger partial charge in [0.05, 0.1) is 11.7 Å². The van der Waals surface area contributed by atoms with E-state index in [2.05, 4.69) is 10.3 Å². The second-order valence-electron chi connectivity index (χ2n) is 5.97. The van der Waals surface area contributed by atoms with Crippen molar-refractivity contribution in [3.8, 4) is 0 Å². The van der Waals surface area contributed by atoms with Crippen LogP contribution >= 0.6 is 11.3 Å². The van der Waals surface area contributed by atoms with Gasteiger partial charge < -0.3 is 10.2 Å². The largest absolute Gasteiger partial charge is 0.378 e. The summed E-state index contributed by atoms with van der Waals surface area (Å²) in [4.78, 5) is 31.3. The summed E-state index contributed by atoms with van der Waals surface area (Å²) in [6.45, 7) is 0.798. The Morgan fingerprint density at radius 1 is 1.24 bits per heavy atom. The molecule has 0 spiro atoms. The lowest BCUT2D eigenvalue weighted by molar-refractivity contribution is -0.121. The summed E-state index contributed by atoms with van der Waals surface area (Å²) in [5.74, 6) is -0.0889. The standard InChI is InChI=1S/C18H20N4O2S/c1-21(2)14-5-3-13(4-6-14)11-19-16(23)7-9-22-12-20-17-15(18(22)24)8-10-25-17/h3-6,8,10,12H,7,9,11H2,1-2H3,(H,19,23). The molecule has 0 aliphatic heterocycles. The minimum atomic E-state index is -0.0988. The number of nitrogens with one attached hydrogen (secondary N) is 1. The zero-order valence-electron chi connectivity index (χ0n) is 14.2. The number of aromatic nitrogens is 2. The number of fused-ring (bicyclic) bond motifs is 1. The number of anilines is 1. The molecule has 0 unspecified atom stereocenters. The summed E-state index contributed by atoms with van der Waals surface area (Å²) >= 11 is 1.44. The van der Waals surface area contributed by atoms with Gasteiger partial charge in [-0.05, 0) is 29.1 Å². The summed E-state index contributed by atoms with van der Waals surface area (Å²) in [5.41, 5.74) is 2.06. The third-order valence-electron chi connectivity index (χ3n) is 3.97. The van der Waals surface area contributed by atoms with E-state index >= 15 is 0 Å². The molecule has 3 rings (SSSR count). The Balaban J connectivity index is 1.53. The summed E-state index contributed by atoms with van der Waals surface area (Å²) in [7, 11) is 3.97. The van der Waals surface area contributed by atoms with E-state index < -0.39 is 0 Å². The maximum atomic E-state index is 12.3. The van der Waals surface area contributed by atoms with Crippen LogP contribution in [0.25, 0.3) is 10.2 Å². The molecule has 1 N–H and O–H groups in total. The lowest BCUT2D eigenvalue weighted by Crippen LogP contribution is -2.27. The van der Waals surface area contributed by atoms with Gasteiger partial charge in [-0.3, -0.25) is 14.2 Å². The smallest absolute Gasteiger partial charge is 0.262 e. The van der Waals surface area contributed by atoms with Crippen molar-refractivity contribution in [2.75, 3.05) is 19.0 Å². The van der Waals surface area contributed by atoms with Crippen molar-refractivity contribution in [1.29, 1.82) is 0 Å². The van der Waals surface area contributed by atoms with E-state index in [-0.39, 0.29) is 17.9 Å². The Kier molecular flexibility index (Phi) is 5.14. The number of carbonyl (C=O) groups is 1. The molecule has 0 saturated carbocycles. The van der Waals surface area contributed by atoms with E-state index in [1.54, 1.807) is 6.07 Å². The fraction of sp³-hybridized carbons (Fsp3) is 0.278. The van der Waals surface area contributed by atoms with Crippen LogP contribution in [0.1, 0.15) is 12.0 Å². The number of aryl methyl sites for hydroxylation is 1. The van der Waals surface area contributed by atoms with Crippen molar-refractivity contribution in [1.82, 2.24) is 14.9 Å². The van der Waals surface area contributed by atoms with Crippen molar-refractivity contribution in [3.63, 3.8) is 0 Å². The number of carbonyl (C=O) groups excluding carboxylic acids is 1. The number of nitrogens with zero attached hydrogens (tertiary/aromatic N) is 3. The van der Waals surface area contributed by atoms with Gasteiger partial charge in [0.2, 0.25) is 5.91 Å². The van der Waals surface area contributed by atoms with Gasteiger partial charge >= 0.3 is 0 Å². The van der Waals surface area contributed by atoms with E-state index in [0.717, 1.165) is 16.1 Å². The van der Waals surface area contributed by atoms with E-state index in [1.165, 1.54) is 22.2 Å². The topological polar surface area (TPSA) is 67.2 Å². The molecule has 2 aromatic heterocycles. The summed E-state index contributed by atoms with van der Waals surface area (Å²) in [5, 5.41) is 5.33. The molecule has 130 valence electrons. The van der Waals surface area contributed by atoms with Crippen LogP contribution in [0.4, 0.5) is 5.69 Å². The van der Waals surface area contributed by atoms with Gasteiger partial charge in [0.1, 0.15) is 4.83 Å². The first-order valence-electron chi connectivity index (χ1n) is 8.00. The van der Waals surface area contributed by atoms with E-state index in [9.17, 15) is 9.59 Å². The highest BCUT2D eigenvalue weighted by atomic mass is 32.1. The second kappa shape index (κ2) is 7.48. The average molecular weight is 356 g/mol. The number of thiophene rings is 1. The van der Waals surface area contributed by atoms with Gasteiger partial charge in [0.25, 0.3) is 5.56 Å². The number of amides is 1. The molecule has 0 radical (unpaired) electrons. The molecule has 2 heterocycles. The zero-order chi connectivity index (χ0) is 17.8. The molecular formula is C18H20N4O2S. The molecule has 0 bridgehead atoms. The Morgan fingerprint density at radius 2 is 2.00 bits per heavy atom. The van der Waals surface area contributed by atoms with Gasteiger partial charge in [-0.1, -0.05) is 12.1 Å². The monoisotopic (exact) mass is 356 g/mol. The van der Waals surface area contributed by atoms with Crippen LogP contribution in [0.5, 0.6) is 0 Å². The van der Waals surface area contributed by atoms with Crippen LogP contribution in [-0.4, -0.2) is 29.6 Å². The van der Waals surface area contributed by atoms with Crippen LogP contribution in [0.2, 0.25) is 0 Å². The molecule has 0 aliphatic carbocycles. The van der Waals surface area contributed by atoms with Crippen LogP contribution in [0.3, 0.4) is 0 Å². The van der Waals surface area contributed by atoms with Crippen LogP contribution in [0.15, 0.2) is 46.8 Å². The third-order valence-corrected chi connectivity index (χ3v) is 4.79. The van der Waals surface area contributed by atoms with Gasteiger partial charge in [0, 0.05) is 39.3 Å². The SMILES string of the molecule is CN(C)c1ccc(CNC(=O)CCn2cnc3sccc3c2=O)cc1. The fourth-order valence-corrected chi connectivity index (χ4v) is 3.20. The number of hydrogen-bond acceptors (Lipinski definition) is 5. The molecule has 25 heavy (non-hydrogen) atoms. The molecule has 1 aromatic carbocycles. The first-order valence-corrected chi connectivity index (χ1v) is 8.88. The fourth-order valence-electron chi connectivity index (χ4n) is 2.48. The predicted molar refractivity (Wildman–Crippen MR) is 101 cm³/mol. The first-order chi connectivity index (χ1) is 12.0. The second-order valence-corrected chi connectivity index (χ2v) is 6.86. The Labute approximate surface area is 149 Å². The molecule has 3 aromatic rings. The Hall–Kier alpha value is -2.67. The summed E-state index contributed by atoms with van der Waals surface area (Å²) in [6, 6.07) is 9.79. The maximum Gasteiger partial charge on any atom is 0.262 e. The van der Waals surface area contributed by atoms with E-state index in [1.807, 2.05) is 48.6 Å². The molecule has 1 amide bonds. The highest BCUT2D eigenvalue weighted by Gasteiger charge is 2.07. The van der Waals surface area contributed by atoms with Crippen molar-refractivity contribution in [2.45, 2.75) is 19.5 Å². The van der Waals surface area contributed by atoms with Crippen LogP contribution in [0, 0.1) is 0 Å². The van der Waals surface area contributed by atoms with Gasteiger partial charge in [-0.2, -0.15) is 0 Å².